The molecule has 15 heavy (non-hydrogen) atoms. The third-order valence-electron chi connectivity index (χ3n) is 2.57. The van der Waals surface area contributed by atoms with Crippen LogP contribution in [0.15, 0.2) is 24.3 Å². The first kappa shape index (κ1) is 10.6. The highest BCUT2D eigenvalue weighted by Crippen LogP contribution is 2.26. The van der Waals surface area contributed by atoms with Gasteiger partial charge in [-0.2, -0.15) is 0 Å². The normalized spacial score (nSPS) is 17.2. The van der Waals surface area contributed by atoms with Crippen LogP contribution in [0.5, 0.6) is 0 Å². The first-order valence-electron chi connectivity index (χ1n) is 5.36. The van der Waals surface area contributed by atoms with Crippen molar-refractivity contribution < 1.29 is 4.79 Å². The maximum absolute atomic E-state index is 10.5. The molecule has 1 saturated heterocycles. The van der Waals surface area contributed by atoms with Crippen LogP contribution in [0.1, 0.15) is 29.6 Å². The first-order chi connectivity index (χ1) is 7.40. The summed E-state index contributed by atoms with van der Waals surface area (Å²) in [5.41, 5.74) is 1.96. The molecule has 0 amide bonds. The van der Waals surface area contributed by atoms with Gasteiger partial charge in [0, 0.05) is 23.5 Å². The average molecular weight is 221 g/mol. The van der Waals surface area contributed by atoms with Crippen LogP contribution in [0.25, 0.3) is 0 Å². The van der Waals surface area contributed by atoms with Crippen molar-refractivity contribution in [2.24, 2.45) is 0 Å². The summed E-state index contributed by atoms with van der Waals surface area (Å²) in [6.07, 6.45) is 4.80. The van der Waals surface area contributed by atoms with E-state index in [1.807, 2.05) is 36.2 Å². The van der Waals surface area contributed by atoms with Crippen molar-refractivity contribution in [1.29, 1.82) is 0 Å². The Balaban J connectivity index is 2.09. The molecule has 0 N–H and O–H groups in total. The predicted molar refractivity (Wildman–Crippen MR) is 65.5 cm³/mol. The second-order valence-electron chi connectivity index (χ2n) is 3.71. The van der Waals surface area contributed by atoms with Crippen molar-refractivity contribution in [3.8, 4) is 0 Å². The molecule has 1 aliphatic heterocycles. The number of aldehydes is 1. The van der Waals surface area contributed by atoms with E-state index in [9.17, 15) is 4.79 Å². The molecule has 0 unspecified atom stereocenters. The number of benzene rings is 1. The molecule has 0 saturated carbocycles. The molecule has 1 aliphatic rings. The van der Waals surface area contributed by atoms with E-state index < -0.39 is 0 Å². The minimum Gasteiger partial charge on any atom is -0.316 e. The SMILES string of the molecule is O=Cc1ccc(N2CCCCCS2)cc1. The summed E-state index contributed by atoms with van der Waals surface area (Å²) in [4.78, 5) is 10.5. The number of rotatable bonds is 2. The van der Waals surface area contributed by atoms with Crippen molar-refractivity contribution in [3.05, 3.63) is 29.8 Å². The van der Waals surface area contributed by atoms with Gasteiger partial charge in [0.05, 0.1) is 0 Å². The van der Waals surface area contributed by atoms with Crippen molar-refractivity contribution in [2.75, 3.05) is 16.6 Å². The molecule has 1 heterocycles. The molecule has 0 radical (unpaired) electrons. The summed E-state index contributed by atoms with van der Waals surface area (Å²) < 4.78 is 2.33. The summed E-state index contributed by atoms with van der Waals surface area (Å²) in [6, 6.07) is 7.83. The van der Waals surface area contributed by atoms with E-state index in [-0.39, 0.29) is 0 Å². The number of carbonyl (C=O) groups is 1. The van der Waals surface area contributed by atoms with Crippen LogP contribution in [0, 0.1) is 0 Å². The predicted octanol–water partition coefficient (Wildman–Crippen LogP) is 3.14. The van der Waals surface area contributed by atoms with Crippen LogP contribution in [0.2, 0.25) is 0 Å². The third-order valence-corrected chi connectivity index (χ3v) is 3.75. The van der Waals surface area contributed by atoms with Crippen LogP contribution in [0.3, 0.4) is 0 Å². The minimum absolute atomic E-state index is 0.749. The molecular formula is C12H15NOS. The molecule has 0 aliphatic carbocycles. The second-order valence-corrected chi connectivity index (χ2v) is 4.81. The number of hydrogen-bond donors (Lipinski definition) is 0. The Morgan fingerprint density at radius 2 is 1.93 bits per heavy atom. The minimum atomic E-state index is 0.749. The lowest BCUT2D eigenvalue weighted by molar-refractivity contribution is 0.112. The lowest BCUT2D eigenvalue weighted by Gasteiger charge is -2.20. The van der Waals surface area contributed by atoms with E-state index in [0.29, 0.717) is 0 Å². The molecule has 0 atom stereocenters. The standard InChI is InChI=1S/C12H15NOS/c14-10-11-4-6-12(7-5-11)13-8-2-1-3-9-15-13/h4-7,10H,1-3,8-9H2. The molecule has 1 fully saturated rings. The molecule has 0 spiro atoms. The van der Waals surface area contributed by atoms with Crippen LogP contribution < -0.4 is 4.31 Å². The summed E-state index contributed by atoms with van der Waals surface area (Å²) in [5, 5.41) is 0. The van der Waals surface area contributed by atoms with Gasteiger partial charge in [0.2, 0.25) is 0 Å². The number of nitrogens with zero attached hydrogens (tertiary/aromatic N) is 1. The Hall–Kier alpha value is -0.960. The highest BCUT2D eigenvalue weighted by molar-refractivity contribution is 8.00. The quantitative estimate of drug-likeness (QED) is 0.565. The molecule has 0 aromatic heterocycles. The monoisotopic (exact) mass is 221 g/mol. The fourth-order valence-corrected chi connectivity index (χ4v) is 2.78. The molecule has 2 nitrogen and oxygen atoms in total. The van der Waals surface area contributed by atoms with Gasteiger partial charge in [0.25, 0.3) is 0 Å². The van der Waals surface area contributed by atoms with Crippen molar-refractivity contribution >= 4 is 23.9 Å². The van der Waals surface area contributed by atoms with E-state index in [0.717, 1.165) is 18.4 Å². The summed E-state index contributed by atoms with van der Waals surface area (Å²) in [7, 11) is 0. The largest absolute Gasteiger partial charge is 0.316 e. The van der Waals surface area contributed by atoms with Crippen molar-refractivity contribution in [1.82, 2.24) is 0 Å². The van der Waals surface area contributed by atoms with Crippen molar-refractivity contribution in [3.63, 3.8) is 0 Å². The van der Waals surface area contributed by atoms with Crippen molar-refractivity contribution in [2.45, 2.75) is 19.3 Å². The number of hydrogen-bond acceptors (Lipinski definition) is 3. The van der Waals surface area contributed by atoms with E-state index in [2.05, 4.69) is 4.31 Å². The average Bonchev–Trinajstić information content (AvgIpc) is 2.58. The van der Waals surface area contributed by atoms with Gasteiger partial charge < -0.3 is 4.31 Å². The van der Waals surface area contributed by atoms with Crippen LogP contribution in [0.4, 0.5) is 5.69 Å². The summed E-state index contributed by atoms with van der Waals surface area (Å²) in [6.45, 7) is 1.12. The Bertz CT molecular complexity index is 315. The molecule has 2 rings (SSSR count). The van der Waals surface area contributed by atoms with Gasteiger partial charge >= 0.3 is 0 Å². The Kier molecular flexibility index (Phi) is 3.67. The van der Waals surface area contributed by atoms with E-state index in [4.69, 9.17) is 0 Å². The molecule has 3 heteroatoms. The fraction of sp³-hybridized carbons (Fsp3) is 0.417. The highest BCUT2D eigenvalue weighted by atomic mass is 32.2. The fourth-order valence-electron chi connectivity index (χ4n) is 1.70. The van der Waals surface area contributed by atoms with Gasteiger partial charge in [-0.3, -0.25) is 4.79 Å². The second kappa shape index (κ2) is 5.21. The van der Waals surface area contributed by atoms with Gasteiger partial charge in [0.15, 0.2) is 0 Å². The number of anilines is 1. The highest BCUT2D eigenvalue weighted by Gasteiger charge is 2.10. The Labute approximate surface area is 94.8 Å². The van der Waals surface area contributed by atoms with Crippen LogP contribution >= 0.6 is 11.9 Å². The molecule has 1 aromatic carbocycles. The smallest absolute Gasteiger partial charge is 0.150 e. The van der Waals surface area contributed by atoms with Gasteiger partial charge in [-0.1, -0.05) is 6.42 Å². The molecule has 1 aromatic rings. The van der Waals surface area contributed by atoms with Crippen LogP contribution in [-0.4, -0.2) is 18.6 Å². The third kappa shape index (κ3) is 2.75. The Morgan fingerprint density at radius 3 is 2.67 bits per heavy atom. The topological polar surface area (TPSA) is 20.3 Å². The zero-order valence-corrected chi connectivity index (χ0v) is 9.50. The number of carbonyl (C=O) groups excluding carboxylic acids is 1. The summed E-state index contributed by atoms with van der Waals surface area (Å²) in [5.74, 6) is 1.20. The lowest BCUT2D eigenvalue weighted by Crippen LogP contribution is -2.14. The van der Waals surface area contributed by atoms with Crippen LogP contribution in [-0.2, 0) is 0 Å². The van der Waals surface area contributed by atoms with E-state index in [1.165, 1.54) is 30.7 Å². The zero-order valence-electron chi connectivity index (χ0n) is 8.69. The van der Waals surface area contributed by atoms with Gasteiger partial charge in [0.1, 0.15) is 6.29 Å². The van der Waals surface area contributed by atoms with Gasteiger partial charge in [-0.25, -0.2) is 0 Å². The Morgan fingerprint density at radius 1 is 1.13 bits per heavy atom. The van der Waals surface area contributed by atoms with E-state index in [1.54, 1.807) is 0 Å². The molecular weight excluding hydrogens is 206 g/mol. The van der Waals surface area contributed by atoms with Gasteiger partial charge in [-0.15, -0.1) is 0 Å². The maximum atomic E-state index is 10.5. The zero-order chi connectivity index (χ0) is 10.5. The first-order valence-corrected chi connectivity index (χ1v) is 6.30. The maximum Gasteiger partial charge on any atom is 0.150 e. The lowest BCUT2D eigenvalue weighted by atomic mass is 10.2. The molecule has 80 valence electrons. The summed E-state index contributed by atoms with van der Waals surface area (Å²) >= 11 is 1.90. The van der Waals surface area contributed by atoms with Gasteiger partial charge in [-0.05, 0) is 49.1 Å². The molecule has 0 bridgehead atoms. The van der Waals surface area contributed by atoms with E-state index >= 15 is 0 Å².